The van der Waals surface area contributed by atoms with Gasteiger partial charge >= 0.3 is 0 Å². The largest absolute Gasteiger partial charge is 0.379 e. The number of morpholine rings is 1. The zero-order valence-corrected chi connectivity index (χ0v) is 16.9. The predicted octanol–water partition coefficient (Wildman–Crippen LogP) is 4.89. The van der Waals surface area contributed by atoms with Gasteiger partial charge in [0.05, 0.1) is 23.8 Å². The Kier molecular flexibility index (Phi) is 6.49. The van der Waals surface area contributed by atoms with Crippen molar-refractivity contribution in [3.8, 4) is 21.7 Å². The van der Waals surface area contributed by atoms with Crippen LogP contribution in [0.1, 0.15) is 6.42 Å². The van der Waals surface area contributed by atoms with E-state index >= 15 is 0 Å². The Hall–Kier alpha value is -2.35. The molecule has 1 aromatic heterocycles. The number of hydrogen-bond donors (Lipinski definition) is 1. The van der Waals surface area contributed by atoms with Crippen LogP contribution < -0.4 is 5.32 Å². The minimum atomic E-state index is -0.284. The van der Waals surface area contributed by atoms with Gasteiger partial charge in [-0.15, -0.1) is 0 Å². The first-order valence-electron chi connectivity index (χ1n) is 9.76. The zero-order chi connectivity index (χ0) is 20.1. The lowest BCUT2D eigenvalue weighted by Crippen LogP contribution is -2.37. The smallest absolute Gasteiger partial charge is 0.183 e. The van der Waals surface area contributed by atoms with Gasteiger partial charge in [-0.2, -0.15) is 0 Å². The summed E-state index contributed by atoms with van der Waals surface area (Å²) in [6.45, 7) is 5.43. The monoisotopic (exact) mass is 415 g/mol. The minimum absolute atomic E-state index is 0.275. The molecule has 1 N–H and O–H groups in total. The van der Waals surface area contributed by atoms with Gasteiger partial charge in [-0.05, 0) is 54.9 Å². The quantitative estimate of drug-likeness (QED) is 0.558. The number of halogens is 2. The van der Waals surface area contributed by atoms with Crippen LogP contribution in [0.2, 0.25) is 0 Å². The minimum Gasteiger partial charge on any atom is -0.379 e. The van der Waals surface area contributed by atoms with E-state index in [-0.39, 0.29) is 11.6 Å². The third-order valence-electron chi connectivity index (χ3n) is 4.88. The van der Waals surface area contributed by atoms with Crippen LogP contribution in [-0.2, 0) is 4.74 Å². The average molecular weight is 416 g/mol. The molecule has 1 aliphatic rings. The maximum Gasteiger partial charge on any atom is 0.183 e. The average Bonchev–Trinajstić information content (AvgIpc) is 3.17. The highest BCUT2D eigenvalue weighted by Crippen LogP contribution is 2.39. The topological polar surface area (TPSA) is 37.4 Å². The van der Waals surface area contributed by atoms with Crippen molar-refractivity contribution in [3.05, 3.63) is 60.2 Å². The molecule has 0 bridgehead atoms. The fourth-order valence-corrected chi connectivity index (χ4v) is 4.34. The van der Waals surface area contributed by atoms with Crippen molar-refractivity contribution < 1.29 is 13.5 Å². The number of aromatic nitrogens is 1. The van der Waals surface area contributed by atoms with E-state index in [0.29, 0.717) is 0 Å². The summed E-state index contributed by atoms with van der Waals surface area (Å²) in [5, 5.41) is 4.22. The summed E-state index contributed by atoms with van der Waals surface area (Å²) >= 11 is 1.53. The van der Waals surface area contributed by atoms with Gasteiger partial charge in [-0.3, -0.25) is 4.90 Å². The number of anilines is 1. The van der Waals surface area contributed by atoms with Crippen LogP contribution in [0.4, 0.5) is 13.9 Å². The second kappa shape index (κ2) is 9.43. The molecule has 1 saturated heterocycles. The summed E-state index contributed by atoms with van der Waals surface area (Å²) in [4.78, 5) is 8.09. The number of benzene rings is 2. The summed E-state index contributed by atoms with van der Waals surface area (Å²) in [7, 11) is 0. The lowest BCUT2D eigenvalue weighted by Gasteiger charge is -2.26. The molecule has 0 atom stereocenters. The molecule has 0 spiro atoms. The Bertz CT molecular complexity index is 859. The van der Waals surface area contributed by atoms with Crippen molar-refractivity contribution >= 4 is 16.5 Å². The summed E-state index contributed by atoms with van der Waals surface area (Å²) in [5.74, 6) is -0.558. The fourth-order valence-electron chi connectivity index (χ4n) is 3.32. The van der Waals surface area contributed by atoms with E-state index in [4.69, 9.17) is 9.72 Å². The van der Waals surface area contributed by atoms with E-state index in [2.05, 4.69) is 10.2 Å². The summed E-state index contributed by atoms with van der Waals surface area (Å²) in [5.41, 5.74) is 2.50. The van der Waals surface area contributed by atoms with Gasteiger partial charge in [0.2, 0.25) is 0 Å². The van der Waals surface area contributed by atoms with E-state index in [1.807, 2.05) is 0 Å². The highest BCUT2D eigenvalue weighted by atomic mass is 32.1. The van der Waals surface area contributed by atoms with Gasteiger partial charge in [0.15, 0.2) is 5.13 Å². The standard InChI is InChI=1S/C22H23F2N3OS/c23-18-6-2-16(3-7-18)20-21(17-4-8-19(24)9-5-17)29-22(26-20)25-10-1-11-27-12-14-28-15-13-27/h2-9H,1,10-15H2,(H,25,26). The molecule has 4 rings (SSSR count). The molecular formula is C22H23F2N3OS. The molecule has 0 amide bonds. The van der Waals surface area contributed by atoms with Crippen LogP contribution in [0.25, 0.3) is 21.7 Å². The first kappa shape index (κ1) is 19.9. The Morgan fingerprint density at radius 3 is 2.21 bits per heavy atom. The van der Waals surface area contributed by atoms with Gasteiger partial charge < -0.3 is 10.1 Å². The van der Waals surface area contributed by atoms with Gasteiger partial charge in [0.25, 0.3) is 0 Å². The number of nitrogens with one attached hydrogen (secondary N) is 1. The van der Waals surface area contributed by atoms with Crippen LogP contribution in [-0.4, -0.2) is 49.3 Å². The van der Waals surface area contributed by atoms with Crippen molar-refractivity contribution in [2.24, 2.45) is 0 Å². The first-order chi connectivity index (χ1) is 14.2. The molecule has 29 heavy (non-hydrogen) atoms. The predicted molar refractivity (Wildman–Crippen MR) is 113 cm³/mol. The SMILES string of the molecule is Fc1ccc(-c2nc(NCCCN3CCOCC3)sc2-c2ccc(F)cc2)cc1. The molecule has 7 heteroatoms. The molecule has 0 saturated carbocycles. The molecule has 2 aromatic carbocycles. The van der Waals surface area contributed by atoms with Crippen molar-refractivity contribution in [3.63, 3.8) is 0 Å². The number of rotatable bonds is 7. The Balaban J connectivity index is 1.49. The van der Waals surface area contributed by atoms with E-state index in [9.17, 15) is 8.78 Å². The Morgan fingerprint density at radius 2 is 1.55 bits per heavy atom. The first-order valence-corrected chi connectivity index (χ1v) is 10.6. The van der Waals surface area contributed by atoms with E-state index < -0.39 is 0 Å². The van der Waals surface area contributed by atoms with Crippen LogP contribution in [0.5, 0.6) is 0 Å². The van der Waals surface area contributed by atoms with Crippen molar-refractivity contribution in [1.82, 2.24) is 9.88 Å². The summed E-state index contributed by atoms with van der Waals surface area (Å²) in [6, 6.07) is 12.7. The normalized spacial score (nSPS) is 14.8. The van der Waals surface area contributed by atoms with Gasteiger partial charge in [-0.25, -0.2) is 13.8 Å². The third-order valence-corrected chi connectivity index (χ3v) is 5.94. The molecule has 0 radical (unpaired) electrons. The number of hydrogen-bond acceptors (Lipinski definition) is 5. The molecule has 1 fully saturated rings. The molecule has 0 aliphatic carbocycles. The number of thiazole rings is 1. The van der Waals surface area contributed by atoms with E-state index in [1.165, 1.54) is 35.6 Å². The Labute approximate surface area is 173 Å². The zero-order valence-electron chi connectivity index (χ0n) is 16.0. The van der Waals surface area contributed by atoms with Crippen LogP contribution in [0.3, 0.4) is 0 Å². The summed E-state index contributed by atoms with van der Waals surface area (Å²) < 4.78 is 32.1. The van der Waals surface area contributed by atoms with Crippen LogP contribution in [0.15, 0.2) is 48.5 Å². The molecular weight excluding hydrogens is 392 g/mol. The second-order valence-corrected chi connectivity index (χ2v) is 7.94. The maximum atomic E-state index is 13.4. The molecule has 1 aliphatic heterocycles. The number of nitrogens with zero attached hydrogens (tertiary/aromatic N) is 2. The van der Waals surface area contributed by atoms with Crippen LogP contribution >= 0.6 is 11.3 Å². The molecule has 152 valence electrons. The van der Waals surface area contributed by atoms with Crippen molar-refractivity contribution in [1.29, 1.82) is 0 Å². The lowest BCUT2D eigenvalue weighted by molar-refractivity contribution is 0.0378. The van der Waals surface area contributed by atoms with E-state index in [1.54, 1.807) is 24.3 Å². The third kappa shape index (κ3) is 5.18. The van der Waals surface area contributed by atoms with Gasteiger partial charge in [-0.1, -0.05) is 23.5 Å². The van der Waals surface area contributed by atoms with Gasteiger partial charge in [0.1, 0.15) is 11.6 Å². The lowest BCUT2D eigenvalue weighted by atomic mass is 10.1. The maximum absolute atomic E-state index is 13.4. The number of ether oxygens (including phenoxy) is 1. The molecule has 2 heterocycles. The highest BCUT2D eigenvalue weighted by Gasteiger charge is 2.16. The molecule has 3 aromatic rings. The molecule has 0 unspecified atom stereocenters. The fraction of sp³-hybridized carbons (Fsp3) is 0.318. The second-order valence-electron chi connectivity index (χ2n) is 6.94. The summed E-state index contributed by atoms with van der Waals surface area (Å²) in [6.07, 6.45) is 1.01. The highest BCUT2D eigenvalue weighted by molar-refractivity contribution is 7.19. The molecule has 4 nitrogen and oxygen atoms in total. The van der Waals surface area contributed by atoms with Crippen molar-refractivity contribution in [2.75, 3.05) is 44.7 Å². The van der Waals surface area contributed by atoms with Crippen LogP contribution in [0, 0.1) is 11.6 Å². The van der Waals surface area contributed by atoms with Gasteiger partial charge in [0, 0.05) is 25.2 Å². The van der Waals surface area contributed by atoms with Crippen molar-refractivity contribution in [2.45, 2.75) is 6.42 Å². The Morgan fingerprint density at radius 1 is 0.931 bits per heavy atom. The van der Waals surface area contributed by atoms with E-state index in [0.717, 1.165) is 72.6 Å².